The fraction of sp³-hybridized carbons (Fsp3) is 0.444. The van der Waals surface area contributed by atoms with Crippen LogP contribution >= 0.6 is 0 Å². The fourth-order valence-electron chi connectivity index (χ4n) is 2.99. The molecule has 1 atom stereocenters. The van der Waals surface area contributed by atoms with Crippen LogP contribution in [0.15, 0.2) is 42.7 Å². The zero-order valence-electron chi connectivity index (χ0n) is 13.1. The van der Waals surface area contributed by atoms with Crippen molar-refractivity contribution >= 4 is 5.91 Å². The molecule has 1 aliphatic heterocycles. The van der Waals surface area contributed by atoms with Crippen molar-refractivity contribution in [2.24, 2.45) is 5.92 Å². The summed E-state index contributed by atoms with van der Waals surface area (Å²) in [5.74, 6) is 0.849. The second-order valence-electron chi connectivity index (χ2n) is 6.44. The van der Waals surface area contributed by atoms with Gasteiger partial charge in [-0.15, -0.1) is 0 Å². The Morgan fingerprint density at radius 2 is 2.17 bits per heavy atom. The third-order valence-corrected chi connectivity index (χ3v) is 4.56. The molecule has 1 aliphatic carbocycles. The summed E-state index contributed by atoms with van der Waals surface area (Å²) < 4.78 is 7.68. The number of carbonyl (C=O) groups excluding carboxylic acids is 1. The van der Waals surface area contributed by atoms with E-state index in [1.807, 2.05) is 41.4 Å². The Morgan fingerprint density at radius 1 is 1.26 bits per heavy atom. The number of rotatable bonds is 5. The van der Waals surface area contributed by atoms with Gasteiger partial charge in [-0.3, -0.25) is 4.79 Å². The monoisotopic (exact) mass is 311 g/mol. The largest absolute Gasteiger partial charge is 0.376 e. The maximum Gasteiger partial charge on any atom is 0.254 e. The van der Waals surface area contributed by atoms with E-state index in [4.69, 9.17) is 4.74 Å². The number of nitrogens with zero attached hydrogens (tertiary/aromatic N) is 3. The summed E-state index contributed by atoms with van der Waals surface area (Å²) in [6.07, 6.45) is 7.36. The zero-order valence-corrected chi connectivity index (χ0v) is 13.1. The predicted molar refractivity (Wildman–Crippen MR) is 86.5 cm³/mol. The summed E-state index contributed by atoms with van der Waals surface area (Å²) in [7, 11) is 0. The summed E-state index contributed by atoms with van der Waals surface area (Å²) in [5, 5.41) is 4.21. The molecule has 0 spiro atoms. The average molecular weight is 311 g/mol. The van der Waals surface area contributed by atoms with Gasteiger partial charge in [-0.25, -0.2) is 4.68 Å². The summed E-state index contributed by atoms with van der Waals surface area (Å²) in [6.45, 7) is 2.35. The Kier molecular flexibility index (Phi) is 3.87. The molecule has 1 aromatic carbocycles. The van der Waals surface area contributed by atoms with Gasteiger partial charge in [0.05, 0.1) is 11.8 Å². The van der Waals surface area contributed by atoms with E-state index in [0.717, 1.165) is 31.2 Å². The van der Waals surface area contributed by atoms with E-state index in [-0.39, 0.29) is 12.0 Å². The molecule has 1 amide bonds. The molecule has 1 aromatic heterocycles. The summed E-state index contributed by atoms with van der Waals surface area (Å²) in [5.41, 5.74) is 1.61. The number of benzene rings is 1. The van der Waals surface area contributed by atoms with Gasteiger partial charge in [0.25, 0.3) is 5.91 Å². The Bertz CT molecular complexity index is 679. The normalized spacial score (nSPS) is 20.9. The number of aromatic nitrogens is 2. The number of likely N-dealkylation sites (tertiary alicyclic amines) is 1. The van der Waals surface area contributed by atoms with Gasteiger partial charge >= 0.3 is 0 Å². The quantitative estimate of drug-likeness (QED) is 0.852. The second-order valence-corrected chi connectivity index (χ2v) is 6.44. The van der Waals surface area contributed by atoms with Gasteiger partial charge in [0.1, 0.15) is 0 Å². The van der Waals surface area contributed by atoms with E-state index >= 15 is 0 Å². The first-order chi connectivity index (χ1) is 11.3. The molecule has 4 rings (SSSR count). The molecule has 2 aliphatic rings. The number of hydrogen-bond acceptors (Lipinski definition) is 3. The van der Waals surface area contributed by atoms with Crippen LogP contribution in [0, 0.1) is 5.92 Å². The minimum atomic E-state index is 0.0801. The van der Waals surface area contributed by atoms with E-state index < -0.39 is 0 Å². The maximum absolute atomic E-state index is 12.7. The molecule has 2 heterocycles. The third kappa shape index (κ3) is 3.29. The average Bonchev–Trinajstić information content (AvgIpc) is 3.06. The first-order valence-electron chi connectivity index (χ1n) is 8.30. The topological polar surface area (TPSA) is 47.4 Å². The van der Waals surface area contributed by atoms with E-state index in [2.05, 4.69) is 5.10 Å². The highest BCUT2D eigenvalue weighted by molar-refractivity contribution is 5.95. The van der Waals surface area contributed by atoms with Gasteiger partial charge in [-0.2, -0.15) is 5.10 Å². The van der Waals surface area contributed by atoms with Crippen LogP contribution < -0.4 is 0 Å². The van der Waals surface area contributed by atoms with Gasteiger partial charge in [0, 0.05) is 37.7 Å². The summed E-state index contributed by atoms with van der Waals surface area (Å²) in [4.78, 5) is 14.6. The van der Waals surface area contributed by atoms with Crippen LogP contribution in [0.1, 0.15) is 29.6 Å². The Hall–Kier alpha value is -2.14. The van der Waals surface area contributed by atoms with Crippen molar-refractivity contribution in [1.29, 1.82) is 0 Å². The second kappa shape index (κ2) is 6.16. The van der Waals surface area contributed by atoms with Crippen LogP contribution in [0.25, 0.3) is 5.69 Å². The molecule has 0 radical (unpaired) electrons. The lowest BCUT2D eigenvalue weighted by Gasteiger charge is -2.17. The van der Waals surface area contributed by atoms with Crippen molar-refractivity contribution in [1.82, 2.24) is 14.7 Å². The molecule has 1 unspecified atom stereocenters. The van der Waals surface area contributed by atoms with Crippen molar-refractivity contribution in [3.63, 3.8) is 0 Å². The maximum atomic E-state index is 12.7. The highest BCUT2D eigenvalue weighted by atomic mass is 16.5. The molecular formula is C18H21N3O2. The molecule has 2 fully saturated rings. The molecular weight excluding hydrogens is 290 g/mol. The van der Waals surface area contributed by atoms with Crippen LogP contribution in [-0.4, -0.2) is 46.4 Å². The third-order valence-electron chi connectivity index (χ3n) is 4.56. The van der Waals surface area contributed by atoms with Crippen molar-refractivity contribution in [2.75, 3.05) is 19.7 Å². The molecule has 1 saturated carbocycles. The lowest BCUT2D eigenvalue weighted by Crippen LogP contribution is -2.30. The number of hydrogen-bond donors (Lipinski definition) is 0. The number of amides is 1. The predicted octanol–water partition coefficient (Wildman–Crippen LogP) is 2.51. The lowest BCUT2D eigenvalue weighted by molar-refractivity contribution is 0.0480. The highest BCUT2D eigenvalue weighted by Gasteiger charge is 2.30. The van der Waals surface area contributed by atoms with E-state index in [9.17, 15) is 4.79 Å². The molecule has 0 N–H and O–H groups in total. The number of carbonyl (C=O) groups is 1. The summed E-state index contributed by atoms with van der Waals surface area (Å²) in [6, 6.07) is 9.49. The van der Waals surface area contributed by atoms with Crippen LogP contribution in [0.4, 0.5) is 0 Å². The van der Waals surface area contributed by atoms with Gasteiger partial charge < -0.3 is 9.64 Å². The first-order valence-corrected chi connectivity index (χ1v) is 8.30. The van der Waals surface area contributed by atoms with Crippen LogP contribution in [0.5, 0.6) is 0 Å². The van der Waals surface area contributed by atoms with Crippen molar-refractivity contribution in [3.05, 3.63) is 48.3 Å². The van der Waals surface area contributed by atoms with Gasteiger partial charge in [-0.1, -0.05) is 6.07 Å². The molecule has 0 bridgehead atoms. The number of ether oxygens (including phenoxy) is 1. The molecule has 5 nitrogen and oxygen atoms in total. The lowest BCUT2D eigenvalue weighted by atomic mass is 10.2. The summed E-state index contributed by atoms with van der Waals surface area (Å²) >= 11 is 0. The molecule has 120 valence electrons. The van der Waals surface area contributed by atoms with Gasteiger partial charge in [0.15, 0.2) is 0 Å². The van der Waals surface area contributed by atoms with Crippen molar-refractivity contribution in [3.8, 4) is 5.69 Å². The van der Waals surface area contributed by atoms with Crippen molar-refractivity contribution in [2.45, 2.75) is 25.4 Å². The minimum absolute atomic E-state index is 0.0801. The van der Waals surface area contributed by atoms with Crippen LogP contribution in [0.3, 0.4) is 0 Å². The standard InChI is InChI=1S/C18H21N3O2/c22-18(20-10-7-17(12-20)23-13-14-5-6-14)15-3-1-4-16(11-15)21-9-2-8-19-21/h1-4,8-9,11,14,17H,5-7,10,12-13H2. The molecule has 5 heteroatoms. The van der Waals surface area contributed by atoms with Crippen molar-refractivity contribution < 1.29 is 9.53 Å². The van der Waals surface area contributed by atoms with E-state index in [1.165, 1.54) is 12.8 Å². The van der Waals surface area contributed by atoms with Crippen LogP contribution in [0.2, 0.25) is 0 Å². The van der Waals surface area contributed by atoms with E-state index in [1.54, 1.807) is 10.9 Å². The van der Waals surface area contributed by atoms with E-state index in [0.29, 0.717) is 12.1 Å². The van der Waals surface area contributed by atoms with Gasteiger partial charge in [-0.05, 0) is 49.4 Å². The fourth-order valence-corrected chi connectivity index (χ4v) is 2.99. The van der Waals surface area contributed by atoms with Gasteiger partial charge in [0.2, 0.25) is 0 Å². The Balaban J connectivity index is 1.41. The Labute approximate surface area is 135 Å². The Morgan fingerprint density at radius 3 is 2.96 bits per heavy atom. The zero-order chi connectivity index (χ0) is 15.6. The molecule has 1 saturated heterocycles. The molecule has 23 heavy (non-hydrogen) atoms. The highest BCUT2D eigenvalue weighted by Crippen LogP contribution is 2.30. The first kappa shape index (κ1) is 14.5. The SMILES string of the molecule is O=C(c1cccc(-n2cccn2)c1)N1CCC(OCC2CC2)C1. The minimum Gasteiger partial charge on any atom is -0.376 e. The van der Waals surface area contributed by atoms with Crippen LogP contribution in [-0.2, 0) is 4.74 Å². The molecule has 2 aromatic rings. The smallest absolute Gasteiger partial charge is 0.254 e.